The van der Waals surface area contributed by atoms with Crippen molar-refractivity contribution in [3.63, 3.8) is 0 Å². The molecule has 1 N–H and O–H groups in total. The molecule has 0 radical (unpaired) electrons. The van der Waals surface area contributed by atoms with Crippen molar-refractivity contribution in [3.8, 4) is 0 Å². The van der Waals surface area contributed by atoms with Crippen LogP contribution in [0.1, 0.15) is 51.4 Å². The second-order valence-corrected chi connectivity index (χ2v) is 7.22. The van der Waals surface area contributed by atoms with Gasteiger partial charge in [0.05, 0.1) is 10.5 Å². The minimum Gasteiger partial charge on any atom is -0.347 e. The number of hydrogen-bond acceptors (Lipinski definition) is 4. The molecule has 1 heterocycles. The molecule has 0 fully saturated rings. The molecule has 1 rings (SSSR count). The van der Waals surface area contributed by atoms with Gasteiger partial charge in [0.15, 0.2) is 0 Å². The monoisotopic (exact) mass is 313 g/mol. The zero-order valence-electron chi connectivity index (χ0n) is 12.9. The highest BCUT2D eigenvalue weighted by molar-refractivity contribution is 6.32. The molecule has 0 aliphatic rings. The topological polar surface area (TPSA) is 85.1 Å². The SMILES string of the molecule is CC(C)(C)CC(C)(C)NC(=O)c1cc([N+](=O)[O-])cnc1Cl. The molecule has 1 aromatic heterocycles. The van der Waals surface area contributed by atoms with Crippen LogP contribution < -0.4 is 5.32 Å². The summed E-state index contributed by atoms with van der Waals surface area (Å²) in [6, 6.07) is 1.14. The lowest BCUT2D eigenvalue weighted by Gasteiger charge is -2.33. The van der Waals surface area contributed by atoms with Crippen LogP contribution in [0.15, 0.2) is 12.3 Å². The molecule has 116 valence electrons. The fourth-order valence-electron chi connectivity index (χ4n) is 2.44. The number of aromatic nitrogens is 1. The average Bonchev–Trinajstić information content (AvgIpc) is 2.24. The van der Waals surface area contributed by atoms with Crippen LogP contribution in [0.4, 0.5) is 5.69 Å². The molecular formula is C14H20ClN3O3. The number of pyridine rings is 1. The molecule has 1 amide bonds. The number of hydrogen-bond donors (Lipinski definition) is 1. The van der Waals surface area contributed by atoms with Crippen LogP contribution in [0.5, 0.6) is 0 Å². The first-order chi connectivity index (χ1) is 9.41. The van der Waals surface area contributed by atoms with Gasteiger partial charge in [-0.2, -0.15) is 0 Å². The van der Waals surface area contributed by atoms with E-state index in [1.807, 2.05) is 13.8 Å². The van der Waals surface area contributed by atoms with Gasteiger partial charge >= 0.3 is 0 Å². The van der Waals surface area contributed by atoms with Crippen molar-refractivity contribution >= 4 is 23.2 Å². The summed E-state index contributed by atoms with van der Waals surface area (Å²) in [6.45, 7) is 10.0. The van der Waals surface area contributed by atoms with Crippen LogP contribution in [0.2, 0.25) is 5.15 Å². The maximum Gasteiger partial charge on any atom is 0.288 e. The van der Waals surface area contributed by atoms with E-state index in [1.54, 1.807) is 0 Å². The Hall–Kier alpha value is -1.69. The van der Waals surface area contributed by atoms with E-state index in [0.717, 1.165) is 18.7 Å². The van der Waals surface area contributed by atoms with Crippen molar-refractivity contribution in [2.24, 2.45) is 5.41 Å². The summed E-state index contributed by atoms with van der Waals surface area (Å²) < 4.78 is 0. The fourth-order valence-corrected chi connectivity index (χ4v) is 2.63. The maximum absolute atomic E-state index is 12.3. The van der Waals surface area contributed by atoms with Gasteiger partial charge in [0.1, 0.15) is 11.3 Å². The van der Waals surface area contributed by atoms with E-state index in [2.05, 4.69) is 31.1 Å². The summed E-state index contributed by atoms with van der Waals surface area (Å²) >= 11 is 5.86. The van der Waals surface area contributed by atoms with Crippen LogP contribution in [-0.2, 0) is 0 Å². The first-order valence-electron chi connectivity index (χ1n) is 6.54. The largest absolute Gasteiger partial charge is 0.347 e. The minimum atomic E-state index is -0.611. The molecule has 0 saturated heterocycles. The van der Waals surface area contributed by atoms with Gasteiger partial charge in [-0.15, -0.1) is 0 Å². The number of nitro groups is 1. The van der Waals surface area contributed by atoms with Crippen LogP contribution in [0, 0.1) is 15.5 Å². The number of carbonyl (C=O) groups excluding carboxylic acids is 1. The van der Waals surface area contributed by atoms with Gasteiger partial charge in [0.25, 0.3) is 11.6 Å². The van der Waals surface area contributed by atoms with Crippen molar-refractivity contribution in [1.29, 1.82) is 0 Å². The Morgan fingerprint density at radius 2 is 1.95 bits per heavy atom. The van der Waals surface area contributed by atoms with Crippen molar-refractivity contribution in [2.45, 2.75) is 46.6 Å². The zero-order valence-corrected chi connectivity index (χ0v) is 13.6. The summed E-state index contributed by atoms with van der Waals surface area (Å²) in [5.74, 6) is -0.467. The van der Waals surface area contributed by atoms with Crippen LogP contribution in [0.25, 0.3) is 0 Å². The number of rotatable bonds is 4. The normalized spacial score (nSPS) is 12.1. The smallest absolute Gasteiger partial charge is 0.288 e. The Labute approximate surface area is 129 Å². The highest BCUT2D eigenvalue weighted by Gasteiger charge is 2.28. The third-order valence-corrected chi connectivity index (χ3v) is 3.01. The molecule has 0 atom stereocenters. The molecule has 0 unspecified atom stereocenters. The number of nitrogens with one attached hydrogen (secondary N) is 1. The quantitative estimate of drug-likeness (QED) is 0.523. The molecule has 6 nitrogen and oxygen atoms in total. The van der Waals surface area contributed by atoms with E-state index in [9.17, 15) is 14.9 Å². The number of nitrogens with zero attached hydrogens (tertiary/aromatic N) is 2. The van der Waals surface area contributed by atoms with Gasteiger partial charge in [0.2, 0.25) is 0 Å². The summed E-state index contributed by atoms with van der Waals surface area (Å²) in [4.78, 5) is 26.1. The van der Waals surface area contributed by atoms with Gasteiger partial charge in [-0.1, -0.05) is 32.4 Å². The third kappa shape index (κ3) is 5.30. The number of halogens is 1. The minimum absolute atomic E-state index is 0.00727. The Morgan fingerprint density at radius 1 is 1.38 bits per heavy atom. The molecule has 0 saturated carbocycles. The fraction of sp³-hybridized carbons (Fsp3) is 0.571. The van der Waals surface area contributed by atoms with E-state index >= 15 is 0 Å². The van der Waals surface area contributed by atoms with Crippen molar-refractivity contribution < 1.29 is 9.72 Å². The molecule has 0 aromatic carbocycles. The Balaban J connectivity index is 2.99. The molecular weight excluding hydrogens is 294 g/mol. The predicted molar refractivity (Wildman–Crippen MR) is 81.5 cm³/mol. The van der Waals surface area contributed by atoms with E-state index < -0.39 is 16.4 Å². The lowest BCUT2D eigenvalue weighted by atomic mass is 9.81. The second-order valence-electron chi connectivity index (χ2n) is 6.86. The van der Waals surface area contributed by atoms with Crippen LogP contribution >= 0.6 is 11.6 Å². The molecule has 7 heteroatoms. The Bertz CT molecular complexity index is 565. The summed E-state index contributed by atoms with van der Waals surface area (Å²) in [7, 11) is 0. The van der Waals surface area contributed by atoms with Gasteiger partial charge in [-0.3, -0.25) is 14.9 Å². The van der Waals surface area contributed by atoms with Gasteiger partial charge in [0, 0.05) is 11.6 Å². The third-order valence-electron chi connectivity index (χ3n) is 2.70. The zero-order chi connectivity index (χ0) is 16.4. The maximum atomic E-state index is 12.3. The molecule has 1 aromatic rings. The van der Waals surface area contributed by atoms with E-state index in [4.69, 9.17) is 11.6 Å². The lowest BCUT2D eigenvalue weighted by Crippen LogP contribution is -2.45. The van der Waals surface area contributed by atoms with Crippen LogP contribution in [-0.4, -0.2) is 21.4 Å². The lowest BCUT2D eigenvalue weighted by molar-refractivity contribution is -0.385. The molecule has 0 aliphatic carbocycles. The van der Waals surface area contributed by atoms with Crippen molar-refractivity contribution in [3.05, 3.63) is 33.1 Å². The molecule has 0 aliphatic heterocycles. The highest BCUT2D eigenvalue weighted by atomic mass is 35.5. The second kappa shape index (κ2) is 5.97. The molecule has 0 bridgehead atoms. The van der Waals surface area contributed by atoms with Crippen molar-refractivity contribution in [1.82, 2.24) is 10.3 Å². The van der Waals surface area contributed by atoms with E-state index in [0.29, 0.717) is 0 Å². The molecule has 21 heavy (non-hydrogen) atoms. The first-order valence-corrected chi connectivity index (χ1v) is 6.91. The number of carbonyl (C=O) groups is 1. The summed E-state index contributed by atoms with van der Waals surface area (Å²) in [5.41, 5.74) is -0.698. The summed E-state index contributed by atoms with van der Waals surface area (Å²) in [5, 5.41) is 13.5. The van der Waals surface area contributed by atoms with Gasteiger partial charge in [-0.25, -0.2) is 4.98 Å². The Kier molecular flexibility index (Phi) is 4.94. The van der Waals surface area contributed by atoms with Crippen molar-refractivity contribution in [2.75, 3.05) is 0 Å². The molecule has 0 spiro atoms. The van der Waals surface area contributed by atoms with Gasteiger partial charge < -0.3 is 5.32 Å². The van der Waals surface area contributed by atoms with E-state index in [1.165, 1.54) is 0 Å². The number of amides is 1. The van der Waals surface area contributed by atoms with E-state index in [-0.39, 0.29) is 21.8 Å². The standard InChI is InChI=1S/C14H20ClN3O3/c1-13(2,3)8-14(4,5)17-12(19)10-6-9(18(20)21)7-16-11(10)15/h6-7H,8H2,1-5H3,(H,17,19). The average molecular weight is 314 g/mol. The van der Waals surface area contributed by atoms with Gasteiger partial charge in [-0.05, 0) is 25.7 Å². The highest BCUT2D eigenvalue weighted by Crippen LogP contribution is 2.27. The first kappa shape index (κ1) is 17.4. The summed E-state index contributed by atoms with van der Waals surface area (Å²) in [6.07, 6.45) is 1.77. The Morgan fingerprint density at radius 3 is 2.43 bits per heavy atom. The predicted octanol–water partition coefficient (Wildman–Crippen LogP) is 3.59. The van der Waals surface area contributed by atoms with Crippen LogP contribution in [0.3, 0.4) is 0 Å².